The Bertz CT molecular complexity index is 975. The zero-order chi connectivity index (χ0) is 22.7. The van der Waals surface area contributed by atoms with Crippen LogP contribution in [0.15, 0.2) is 48.5 Å². The van der Waals surface area contributed by atoms with Crippen LogP contribution in [0.3, 0.4) is 0 Å². The molecule has 2 N–H and O–H groups in total. The van der Waals surface area contributed by atoms with E-state index in [0.29, 0.717) is 32.2 Å². The van der Waals surface area contributed by atoms with Gasteiger partial charge in [0.25, 0.3) is 0 Å². The van der Waals surface area contributed by atoms with Gasteiger partial charge in [-0.25, -0.2) is 9.59 Å². The van der Waals surface area contributed by atoms with Crippen molar-refractivity contribution in [3.63, 3.8) is 0 Å². The van der Waals surface area contributed by atoms with Gasteiger partial charge >= 0.3 is 12.1 Å². The molecule has 1 aliphatic heterocycles. The molecule has 1 fully saturated rings. The molecule has 2 aromatic carbocycles. The van der Waals surface area contributed by atoms with Gasteiger partial charge in [-0.1, -0.05) is 61.9 Å². The Morgan fingerprint density at radius 1 is 1.09 bits per heavy atom. The number of alkyl carbamates (subject to hydrolysis) is 1. The number of aliphatic carboxylic acids is 1. The molecular formula is C25H28N2O5. The van der Waals surface area contributed by atoms with E-state index in [-0.39, 0.29) is 18.4 Å². The molecule has 1 saturated heterocycles. The van der Waals surface area contributed by atoms with E-state index < -0.39 is 24.1 Å². The van der Waals surface area contributed by atoms with Crippen molar-refractivity contribution in [1.29, 1.82) is 0 Å². The highest BCUT2D eigenvalue weighted by Gasteiger charge is 2.37. The molecule has 0 radical (unpaired) electrons. The van der Waals surface area contributed by atoms with Gasteiger partial charge in [0, 0.05) is 12.5 Å². The smallest absolute Gasteiger partial charge is 0.407 e. The van der Waals surface area contributed by atoms with Crippen LogP contribution >= 0.6 is 0 Å². The Morgan fingerprint density at radius 2 is 1.72 bits per heavy atom. The van der Waals surface area contributed by atoms with Crippen molar-refractivity contribution in [2.75, 3.05) is 13.2 Å². The maximum atomic E-state index is 13.0. The summed E-state index contributed by atoms with van der Waals surface area (Å²) in [4.78, 5) is 38.4. The lowest BCUT2D eigenvalue weighted by Gasteiger charge is -2.27. The van der Waals surface area contributed by atoms with E-state index in [9.17, 15) is 19.5 Å². The summed E-state index contributed by atoms with van der Waals surface area (Å²) in [6.45, 7) is 2.47. The van der Waals surface area contributed by atoms with Crippen molar-refractivity contribution in [2.45, 2.75) is 50.6 Å². The largest absolute Gasteiger partial charge is 0.480 e. The molecule has 1 heterocycles. The van der Waals surface area contributed by atoms with E-state index in [1.807, 2.05) is 43.3 Å². The van der Waals surface area contributed by atoms with E-state index in [0.717, 1.165) is 22.3 Å². The highest BCUT2D eigenvalue weighted by Crippen LogP contribution is 2.44. The van der Waals surface area contributed by atoms with Crippen molar-refractivity contribution in [1.82, 2.24) is 10.2 Å². The third-order valence-corrected chi connectivity index (χ3v) is 6.33. The summed E-state index contributed by atoms with van der Waals surface area (Å²) >= 11 is 0. The lowest BCUT2D eigenvalue weighted by molar-refractivity contribution is -0.149. The maximum absolute atomic E-state index is 13.0. The zero-order valence-electron chi connectivity index (χ0n) is 18.1. The number of likely N-dealkylation sites (tertiary alicyclic amines) is 1. The number of fused-ring (bicyclic) bond motifs is 3. The van der Waals surface area contributed by atoms with Crippen LogP contribution in [-0.4, -0.2) is 53.2 Å². The highest BCUT2D eigenvalue weighted by molar-refractivity contribution is 5.89. The summed E-state index contributed by atoms with van der Waals surface area (Å²) in [5.74, 6) is -1.43. The van der Waals surface area contributed by atoms with Gasteiger partial charge in [0.05, 0.1) is 0 Å². The summed E-state index contributed by atoms with van der Waals surface area (Å²) in [5.41, 5.74) is 4.52. The number of amides is 2. The van der Waals surface area contributed by atoms with Crippen molar-refractivity contribution in [2.24, 2.45) is 0 Å². The minimum absolute atomic E-state index is 0.0663. The molecule has 7 nitrogen and oxygen atoms in total. The standard InChI is InChI=1S/C25H28N2O5/c1-2-8-21(23(28)27-14-7-13-22(27)24(29)30)26-25(31)32-15-20-18-11-5-3-9-16(18)17-10-4-6-12-19(17)20/h3-6,9-12,20-22H,2,7-8,13-15H2,1H3,(H,26,31)(H,29,30)/t21-,22?/m1/s1. The molecule has 168 valence electrons. The highest BCUT2D eigenvalue weighted by atomic mass is 16.5. The molecule has 2 aliphatic rings. The quantitative estimate of drug-likeness (QED) is 0.689. The van der Waals surface area contributed by atoms with Gasteiger partial charge in [-0.05, 0) is 41.5 Å². The van der Waals surface area contributed by atoms with Gasteiger partial charge in [-0.3, -0.25) is 4.79 Å². The molecular weight excluding hydrogens is 408 g/mol. The monoisotopic (exact) mass is 436 g/mol. The first-order valence-electron chi connectivity index (χ1n) is 11.2. The molecule has 1 aliphatic carbocycles. The molecule has 1 unspecified atom stereocenters. The number of nitrogens with zero attached hydrogens (tertiary/aromatic N) is 1. The maximum Gasteiger partial charge on any atom is 0.407 e. The van der Waals surface area contributed by atoms with Gasteiger partial charge in [-0.15, -0.1) is 0 Å². The number of nitrogens with one attached hydrogen (secondary N) is 1. The third kappa shape index (κ3) is 4.20. The predicted octanol–water partition coefficient (Wildman–Crippen LogP) is 3.77. The summed E-state index contributed by atoms with van der Waals surface area (Å²) in [6, 6.07) is 14.5. The van der Waals surface area contributed by atoms with Crippen molar-refractivity contribution >= 4 is 18.0 Å². The van der Waals surface area contributed by atoms with E-state index in [1.165, 1.54) is 4.90 Å². The molecule has 4 rings (SSSR count). The normalized spacial score (nSPS) is 18.0. The van der Waals surface area contributed by atoms with Crippen LogP contribution in [0.4, 0.5) is 4.79 Å². The fraction of sp³-hybridized carbons (Fsp3) is 0.400. The number of rotatable bonds is 7. The molecule has 7 heteroatoms. The second-order valence-corrected chi connectivity index (χ2v) is 8.34. The van der Waals surface area contributed by atoms with E-state index >= 15 is 0 Å². The van der Waals surface area contributed by atoms with Crippen LogP contribution in [0.1, 0.15) is 49.7 Å². The van der Waals surface area contributed by atoms with Gasteiger partial charge in [0.1, 0.15) is 18.7 Å². The number of carbonyl (C=O) groups is 3. The molecule has 2 aromatic rings. The Labute approximate surface area is 187 Å². The topological polar surface area (TPSA) is 95.9 Å². The van der Waals surface area contributed by atoms with E-state index in [2.05, 4.69) is 17.4 Å². The molecule has 0 aromatic heterocycles. The average Bonchev–Trinajstić information content (AvgIpc) is 3.40. The Balaban J connectivity index is 1.42. The number of carboxylic acids is 1. The molecule has 32 heavy (non-hydrogen) atoms. The zero-order valence-corrected chi connectivity index (χ0v) is 18.1. The molecule has 2 amide bonds. The van der Waals surface area contributed by atoms with Crippen molar-refractivity contribution in [3.05, 3.63) is 59.7 Å². The number of hydrogen-bond donors (Lipinski definition) is 2. The van der Waals surface area contributed by atoms with Crippen LogP contribution in [0, 0.1) is 0 Å². The van der Waals surface area contributed by atoms with Crippen LogP contribution in [0.5, 0.6) is 0 Å². The SMILES string of the molecule is CCC[C@@H](NC(=O)OCC1c2ccccc2-c2ccccc21)C(=O)N1CCCC1C(=O)O. The summed E-state index contributed by atoms with van der Waals surface area (Å²) < 4.78 is 5.57. The average molecular weight is 437 g/mol. The van der Waals surface area contributed by atoms with Crippen LogP contribution < -0.4 is 5.32 Å². The minimum atomic E-state index is -1.01. The second kappa shape index (κ2) is 9.42. The number of hydrogen-bond acceptors (Lipinski definition) is 4. The second-order valence-electron chi connectivity index (χ2n) is 8.34. The summed E-state index contributed by atoms with van der Waals surface area (Å²) in [5, 5.41) is 12.1. The van der Waals surface area contributed by atoms with Crippen LogP contribution in [0.2, 0.25) is 0 Å². The third-order valence-electron chi connectivity index (χ3n) is 6.33. The molecule has 0 saturated carbocycles. The number of benzene rings is 2. The minimum Gasteiger partial charge on any atom is -0.480 e. The lowest BCUT2D eigenvalue weighted by atomic mass is 9.98. The van der Waals surface area contributed by atoms with Gasteiger partial charge in [0.2, 0.25) is 5.91 Å². The lowest BCUT2D eigenvalue weighted by Crippen LogP contribution is -2.51. The van der Waals surface area contributed by atoms with Crippen LogP contribution in [0.25, 0.3) is 11.1 Å². The summed E-state index contributed by atoms with van der Waals surface area (Å²) in [6.07, 6.45) is 1.51. The fourth-order valence-corrected chi connectivity index (χ4v) is 4.82. The summed E-state index contributed by atoms with van der Waals surface area (Å²) in [7, 11) is 0. The first kappa shape index (κ1) is 21.9. The number of carboxylic acid groups (broad SMARTS) is 1. The predicted molar refractivity (Wildman–Crippen MR) is 119 cm³/mol. The molecule has 2 atom stereocenters. The number of ether oxygens (including phenoxy) is 1. The number of carbonyl (C=O) groups excluding carboxylic acids is 2. The van der Waals surface area contributed by atoms with E-state index in [4.69, 9.17) is 4.74 Å². The Hall–Kier alpha value is -3.35. The molecule has 0 bridgehead atoms. The first-order valence-corrected chi connectivity index (χ1v) is 11.2. The van der Waals surface area contributed by atoms with Gasteiger partial charge < -0.3 is 20.1 Å². The van der Waals surface area contributed by atoms with Crippen molar-refractivity contribution in [3.8, 4) is 11.1 Å². The first-order chi connectivity index (χ1) is 15.5. The Morgan fingerprint density at radius 3 is 2.31 bits per heavy atom. The van der Waals surface area contributed by atoms with Gasteiger partial charge in [0.15, 0.2) is 0 Å². The van der Waals surface area contributed by atoms with Crippen molar-refractivity contribution < 1.29 is 24.2 Å². The van der Waals surface area contributed by atoms with Gasteiger partial charge in [-0.2, -0.15) is 0 Å². The molecule has 0 spiro atoms. The van der Waals surface area contributed by atoms with Crippen LogP contribution in [-0.2, 0) is 14.3 Å². The van der Waals surface area contributed by atoms with E-state index in [1.54, 1.807) is 0 Å². The Kier molecular flexibility index (Phi) is 6.44. The fourth-order valence-electron chi connectivity index (χ4n) is 4.82.